The van der Waals surface area contributed by atoms with Crippen molar-refractivity contribution >= 4 is 44.8 Å². The van der Waals surface area contributed by atoms with Crippen LogP contribution in [0.2, 0.25) is 10.0 Å². The van der Waals surface area contributed by atoms with E-state index in [1.807, 2.05) is 35.3 Å². The first-order valence-corrected chi connectivity index (χ1v) is 10.6. The molecule has 7 heteroatoms. The summed E-state index contributed by atoms with van der Waals surface area (Å²) in [4.78, 5) is 0. The number of ether oxygens (including phenoxy) is 1. The molecule has 2 aliphatic heterocycles. The zero-order chi connectivity index (χ0) is 20.1. The molecule has 2 atom stereocenters. The number of hydrogen-bond acceptors (Lipinski definition) is 3. The van der Waals surface area contributed by atoms with Crippen LogP contribution in [0.5, 0.6) is 5.75 Å². The van der Waals surface area contributed by atoms with Crippen LogP contribution in [-0.2, 0) is 0 Å². The molecular formula is C22H14BrCl2FN2O. The van der Waals surface area contributed by atoms with Crippen molar-refractivity contribution in [2.45, 2.75) is 18.7 Å². The molecule has 0 radical (unpaired) electrons. The van der Waals surface area contributed by atoms with Gasteiger partial charge in [-0.25, -0.2) is 9.40 Å². The van der Waals surface area contributed by atoms with Gasteiger partial charge in [0.1, 0.15) is 11.6 Å². The van der Waals surface area contributed by atoms with Crippen LogP contribution in [0.1, 0.15) is 35.4 Å². The number of hydrogen-bond donors (Lipinski definition) is 0. The Hall–Kier alpha value is -2.08. The average Bonchev–Trinajstić information content (AvgIpc) is 3.14. The van der Waals surface area contributed by atoms with Crippen molar-refractivity contribution in [2.24, 2.45) is 5.10 Å². The van der Waals surface area contributed by atoms with Gasteiger partial charge in [0.05, 0.1) is 16.8 Å². The molecule has 3 aromatic carbocycles. The van der Waals surface area contributed by atoms with E-state index < -0.39 is 6.23 Å². The molecule has 0 saturated heterocycles. The van der Waals surface area contributed by atoms with Crippen LogP contribution < -0.4 is 4.74 Å². The number of fused-ring (bicyclic) bond motifs is 3. The standard InChI is InChI=1S/C22H14BrCl2FN2O/c23-14-5-1-13(2-6-14)22-28-20(17-9-15(24)10-18(25)21(17)29-22)11-19(27-28)12-3-7-16(26)8-4-12/h1-10,20,22H,11H2/t20-,22-/m0/s1. The van der Waals surface area contributed by atoms with Gasteiger partial charge in [-0.05, 0) is 42.0 Å². The molecule has 0 unspecified atom stereocenters. The second-order valence-electron chi connectivity index (χ2n) is 6.98. The number of nitrogens with zero attached hydrogens (tertiary/aromatic N) is 2. The van der Waals surface area contributed by atoms with E-state index in [0.29, 0.717) is 22.2 Å². The fraction of sp³-hybridized carbons (Fsp3) is 0.136. The lowest BCUT2D eigenvalue weighted by atomic mass is 9.96. The fourth-order valence-corrected chi connectivity index (χ4v) is 4.60. The maximum absolute atomic E-state index is 13.4. The second kappa shape index (κ2) is 7.31. The van der Waals surface area contributed by atoms with E-state index >= 15 is 0 Å². The third-order valence-electron chi connectivity index (χ3n) is 5.14. The van der Waals surface area contributed by atoms with E-state index in [1.165, 1.54) is 12.1 Å². The summed E-state index contributed by atoms with van der Waals surface area (Å²) in [6.07, 6.45) is 0.211. The molecule has 2 heterocycles. The quantitative estimate of drug-likeness (QED) is 0.380. The van der Waals surface area contributed by atoms with Crippen molar-refractivity contribution in [1.82, 2.24) is 5.01 Å². The summed E-state index contributed by atoms with van der Waals surface area (Å²) >= 11 is 16.2. The summed E-state index contributed by atoms with van der Waals surface area (Å²) in [5.74, 6) is 0.353. The van der Waals surface area contributed by atoms with E-state index in [-0.39, 0.29) is 11.9 Å². The Morgan fingerprint density at radius 1 is 1.03 bits per heavy atom. The molecule has 3 aromatic rings. The van der Waals surface area contributed by atoms with Crippen LogP contribution in [0, 0.1) is 5.82 Å². The highest BCUT2D eigenvalue weighted by Gasteiger charge is 2.42. The van der Waals surface area contributed by atoms with Gasteiger partial charge in [0.2, 0.25) is 6.23 Å². The predicted octanol–water partition coefficient (Wildman–Crippen LogP) is 7.14. The molecule has 0 aromatic heterocycles. The van der Waals surface area contributed by atoms with Crippen LogP contribution in [0.25, 0.3) is 0 Å². The Morgan fingerprint density at radius 3 is 2.48 bits per heavy atom. The predicted molar refractivity (Wildman–Crippen MR) is 116 cm³/mol. The van der Waals surface area contributed by atoms with Gasteiger partial charge >= 0.3 is 0 Å². The first-order valence-electron chi connectivity index (χ1n) is 9.02. The molecule has 29 heavy (non-hydrogen) atoms. The van der Waals surface area contributed by atoms with Crippen molar-refractivity contribution in [3.63, 3.8) is 0 Å². The van der Waals surface area contributed by atoms with Crippen molar-refractivity contribution < 1.29 is 9.13 Å². The van der Waals surface area contributed by atoms with E-state index in [9.17, 15) is 4.39 Å². The smallest absolute Gasteiger partial charge is 0.213 e. The topological polar surface area (TPSA) is 24.8 Å². The highest BCUT2D eigenvalue weighted by atomic mass is 79.9. The Labute approximate surface area is 185 Å². The average molecular weight is 492 g/mol. The van der Waals surface area contributed by atoms with E-state index in [0.717, 1.165) is 26.9 Å². The van der Waals surface area contributed by atoms with Gasteiger partial charge in [-0.15, -0.1) is 0 Å². The highest BCUT2D eigenvalue weighted by Crippen LogP contribution is 2.50. The van der Waals surface area contributed by atoms with E-state index in [4.69, 9.17) is 33.0 Å². The number of benzene rings is 3. The van der Waals surface area contributed by atoms with Gasteiger partial charge in [0.15, 0.2) is 0 Å². The maximum atomic E-state index is 13.4. The lowest BCUT2D eigenvalue weighted by Gasteiger charge is -2.38. The van der Waals surface area contributed by atoms with Gasteiger partial charge in [-0.3, -0.25) is 0 Å². The molecule has 0 aliphatic carbocycles. The van der Waals surface area contributed by atoms with E-state index in [2.05, 4.69) is 15.9 Å². The number of rotatable bonds is 2. The molecule has 0 saturated carbocycles. The van der Waals surface area contributed by atoms with Crippen molar-refractivity contribution in [1.29, 1.82) is 0 Å². The summed E-state index contributed by atoms with van der Waals surface area (Å²) in [6, 6.07) is 17.8. The molecule has 0 N–H and O–H groups in total. The van der Waals surface area contributed by atoms with Gasteiger partial charge in [-0.2, -0.15) is 5.10 Å². The molecule has 0 bridgehead atoms. The highest BCUT2D eigenvalue weighted by molar-refractivity contribution is 9.10. The summed E-state index contributed by atoms with van der Waals surface area (Å²) in [5.41, 5.74) is 3.60. The first kappa shape index (κ1) is 18.9. The largest absolute Gasteiger partial charge is 0.463 e. The normalized spacial score (nSPS) is 20.0. The minimum Gasteiger partial charge on any atom is -0.463 e. The van der Waals surface area contributed by atoms with Crippen LogP contribution in [0.15, 0.2) is 70.2 Å². The van der Waals surface area contributed by atoms with Gasteiger partial charge in [0, 0.05) is 27.0 Å². The molecule has 5 rings (SSSR count). The zero-order valence-electron chi connectivity index (χ0n) is 14.9. The molecule has 0 amide bonds. The molecular weight excluding hydrogens is 478 g/mol. The zero-order valence-corrected chi connectivity index (χ0v) is 18.0. The lowest BCUT2D eigenvalue weighted by Crippen LogP contribution is -2.33. The van der Waals surface area contributed by atoms with Crippen LogP contribution in [-0.4, -0.2) is 10.7 Å². The Kier molecular flexibility index (Phi) is 4.77. The van der Waals surface area contributed by atoms with Crippen molar-refractivity contribution in [3.05, 3.63) is 97.7 Å². The minimum atomic E-state index is -0.433. The summed E-state index contributed by atoms with van der Waals surface area (Å²) in [7, 11) is 0. The van der Waals surface area contributed by atoms with Crippen LogP contribution in [0.3, 0.4) is 0 Å². The van der Waals surface area contributed by atoms with Crippen molar-refractivity contribution in [3.8, 4) is 5.75 Å². The van der Waals surface area contributed by atoms with Crippen molar-refractivity contribution in [2.75, 3.05) is 0 Å². The minimum absolute atomic E-state index is 0.0800. The number of hydrazone groups is 1. The molecule has 0 spiro atoms. The maximum Gasteiger partial charge on any atom is 0.213 e. The summed E-state index contributed by atoms with van der Waals surface area (Å²) in [5, 5.41) is 7.82. The van der Waals surface area contributed by atoms with Crippen LogP contribution in [0.4, 0.5) is 4.39 Å². The third-order valence-corrected chi connectivity index (χ3v) is 6.17. The van der Waals surface area contributed by atoms with Crippen LogP contribution >= 0.6 is 39.1 Å². The summed E-state index contributed by atoms with van der Waals surface area (Å²) in [6.45, 7) is 0. The molecule has 0 fully saturated rings. The van der Waals surface area contributed by atoms with Gasteiger partial charge in [0.25, 0.3) is 0 Å². The SMILES string of the molecule is Fc1ccc(C2=NN3[C@@H](C2)c2cc(Cl)cc(Cl)c2O[C@H]3c2ccc(Br)cc2)cc1. The molecule has 2 aliphatic rings. The monoisotopic (exact) mass is 490 g/mol. The Morgan fingerprint density at radius 2 is 1.76 bits per heavy atom. The first-order chi connectivity index (χ1) is 14.0. The Bertz CT molecular complexity index is 1120. The van der Waals surface area contributed by atoms with Gasteiger partial charge < -0.3 is 4.74 Å². The van der Waals surface area contributed by atoms with Gasteiger partial charge in [-0.1, -0.05) is 63.4 Å². The second-order valence-corrected chi connectivity index (χ2v) is 8.74. The lowest BCUT2D eigenvalue weighted by molar-refractivity contribution is -0.0189. The molecule has 3 nitrogen and oxygen atoms in total. The third kappa shape index (κ3) is 3.41. The van der Waals surface area contributed by atoms with E-state index in [1.54, 1.807) is 18.2 Å². The Balaban J connectivity index is 1.62. The summed E-state index contributed by atoms with van der Waals surface area (Å²) < 4.78 is 20.7. The molecule has 146 valence electrons. The fourth-order valence-electron chi connectivity index (χ4n) is 3.78. The number of halogens is 4.